The van der Waals surface area contributed by atoms with E-state index in [1.807, 2.05) is 4.68 Å². The van der Waals surface area contributed by atoms with Gasteiger partial charge in [-0.05, 0) is 58.3 Å². The van der Waals surface area contributed by atoms with Crippen molar-refractivity contribution in [3.8, 4) is 0 Å². The molecule has 0 amide bonds. The fourth-order valence-electron chi connectivity index (χ4n) is 2.71. The van der Waals surface area contributed by atoms with E-state index in [-0.39, 0.29) is 0 Å². The number of hydrogen-bond donors (Lipinski definition) is 1. The summed E-state index contributed by atoms with van der Waals surface area (Å²) in [6.45, 7) is 12.3. The number of nitrogens with zero attached hydrogens (tertiary/aromatic N) is 3. The van der Waals surface area contributed by atoms with Crippen LogP contribution < -0.4 is 5.32 Å². The third-order valence-electron chi connectivity index (χ3n) is 4.00. The SMILES string of the molecule is CCN(Cc1ccn(C(C)C)n1)CC1CCNCC1. The van der Waals surface area contributed by atoms with E-state index in [9.17, 15) is 0 Å². The molecule has 0 unspecified atom stereocenters. The van der Waals surface area contributed by atoms with E-state index in [0.717, 1.165) is 19.0 Å². The molecule has 19 heavy (non-hydrogen) atoms. The summed E-state index contributed by atoms with van der Waals surface area (Å²) in [6, 6.07) is 2.61. The molecule has 1 aromatic rings. The Morgan fingerprint density at radius 2 is 2.16 bits per heavy atom. The highest BCUT2D eigenvalue weighted by atomic mass is 15.3. The lowest BCUT2D eigenvalue weighted by molar-refractivity contribution is 0.204. The number of aromatic nitrogens is 2. The van der Waals surface area contributed by atoms with Gasteiger partial charge in [-0.3, -0.25) is 9.58 Å². The Morgan fingerprint density at radius 1 is 1.42 bits per heavy atom. The third-order valence-corrected chi connectivity index (χ3v) is 4.00. The van der Waals surface area contributed by atoms with Crippen molar-refractivity contribution in [1.29, 1.82) is 0 Å². The van der Waals surface area contributed by atoms with Crippen molar-refractivity contribution < 1.29 is 0 Å². The molecule has 4 nitrogen and oxygen atoms in total. The van der Waals surface area contributed by atoms with Crippen molar-refractivity contribution in [2.75, 3.05) is 26.2 Å². The molecule has 1 aromatic heterocycles. The fourth-order valence-corrected chi connectivity index (χ4v) is 2.71. The lowest BCUT2D eigenvalue weighted by Gasteiger charge is -2.28. The Kier molecular flexibility index (Phi) is 5.40. The fraction of sp³-hybridized carbons (Fsp3) is 0.800. The Labute approximate surface area is 117 Å². The van der Waals surface area contributed by atoms with E-state index in [0.29, 0.717) is 6.04 Å². The zero-order valence-electron chi connectivity index (χ0n) is 12.6. The van der Waals surface area contributed by atoms with Crippen LogP contribution in [0.15, 0.2) is 12.3 Å². The first-order chi connectivity index (χ1) is 9.19. The molecule has 0 spiro atoms. The zero-order valence-corrected chi connectivity index (χ0v) is 12.6. The lowest BCUT2D eigenvalue weighted by Crippen LogP contribution is -2.36. The van der Waals surface area contributed by atoms with Gasteiger partial charge in [0.05, 0.1) is 5.69 Å². The molecule has 0 atom stereocenters. The minimum Gasteiger partial charge on any atom is -0.317 e. The van der Waals surface area contributed by atoms with Crippen LogP contribution in [0.2, 0.25) is 0 Å². The molecule has 2 rings (SSSR count). The molecule has 4 heteroatoms. The van der Waals surface area contributed by atoms with Crippen LogP contribution in [-0.4, -0.2) is 40.9 Å². The molecule has 0 aromatic carbocycles. The summed E-state index contributed by atoms with van der Waals surface area (Å²) in [4.78, 5) is 2.53. The van der Waals surface area contributed by atoms with Gasteiger partial charge in [-0.25, -0.2) is 0 Å². The highest BCUT2D eigenvalue weighted by molar-refractivity contribution is 4.99. The van der Waals surface area contributed by atoms with E-state index in [1.54, 1.807) is 0 Å². The average Bonchev–Trinajstić information content (AvgIpc) is 2.88. The molecule has 2 heterocycles. The first-order valence-electron chi connectivity index (χ1n) is 7.66. The van der Waals surface area contributed by atoms with Crippen molar-refractivity contribution >= 4 is 0 Å². The highest BCUT2D eigenvalue weighted by Crippen LogP contribution is 2.15. The summed E-state index contributed by atoms with van der Waals surface area (Å²) < 4.78 is 2.05. The van der Waals surface area contributed by atoms with Crippen LogP contribution in [-0.2, 0) is 6.54 Å². The lowest BCUT2D eigenvalue weighted by atomic mass is 9.97. The van der Waals surface area contributed by atoms with Gasteiger partial charge in [0.15, 0.2) is 0 Å². The molecule has 1 saturated heterocycles. The second-order valence-corrected chi connectivity index (χ2v) is 5.90. The molecule has 108 valence electrons. The number of hydrogen-bond acceptors (Lipinski definition) is 3. The predicted molar refractivity (Wildman–Crippen MR) is 79.2 cm³/mol. The molecule has 0 bridgehead atoms. The van der Waals surface area contributed by atoms with Gasteiger partial charge in [-0.2, -0.15) is 5.10 Å². The van der Waals surface area contributed by atoms with Crippen molar-refractivity contribution in [1.82, 2.24) is 20.0 Å². The van der Waals surface area contributed by atoms with Gasteiger partial charge in [0.2, 0.25) is 0 Å². The van der Waals surface area contributed by atoms with Crippen LogP contribution >= 0.6 is 0 Å². The molecule has 0 aliphatic carbocycles. The van der Waals surface area contributed by atoms with Crippen LogP contribution in [0.5, 0.6) is 0 Å². The third kappa shape index (κ3) is 4.32. The molecular formula is C15H28N4. The molecular weight excluding hydrogens is 236 g/mol. The average molecular weight is 264 g/mol. The standard InChI is InChI=1S/C15H28N4/c1-4-18(11-14-5-8-16-9-6-14)12-15-7-10-19(17-15)13(2)3/h7,10,13-14,16H,4-6,8-9,11-12H2,1-3H3. The van der Waals surface area contributed by atoms with E-state index >= 15 is 0 Å². The van der Waals surface area contributed by atoms with Crippen LogP contribution in [0, 0.1) is 5.92 Å². The molecule has 1 aliphatic heterocycles. The smallest absolute Gasteiger partial charge is 0.0764 e. The maximum absolute atomic E-state index is 4.65. The maximum atomic E-state index is 4.65. The Morgan fingerprint density at radius 3 is 2.74 bits per heavy atom. The number of piperidine rings is 1. The largest absolute Gasteiger partial charge is 0.317 e. The van der Waals surface area contributed by atoms with Gasteiger partial charge in [0, 0.05) is 25.3 Å². The molecule has 1 fully saturated rings. The van der Waals surface area contributed by atoms with Crippen molar-refractivity contribution in [3.63, 3.8) is 0 Å². The summed E-state index contributed by atoms with van der Waals surface area (Å²) in [5.41, 5.74) is 1.20. The first kappa shape index (κ1) is 14.5. The normalized spacial score (nSPS) is 17.5. The number of rotatable bonds is 6. The zero-order chi connectivity index (χ0) is 13.7. The van der Waals surface area contributed by atoms with Gasteiger partial charge in [0.25, 0.3) is 0 Å². The summed E-state index contributed by atoms with van der Waals surface area (Å²) in [5, 5.41) is 8.09. The number of nitrogens with one attached hydrogen (secondary N) is 1. The summed E-state index contributed by atoms with van der Waals surface area (Å²) >= 11 is 0. The van der Waals surface area contributed by atoms with Crippen LogP contribution in [0.4, 0.5) is 0 Å². The quantitative estimate of drug-likeness (QED) is 0.856. The Balaban J connectivity index is 1.86. The van der Waals surface area contributed by atoms with Crippen molar-refractivity contribution in [2.45, 2.75) is 46.2 Å². The van der Waals surface area contributed by atoms with E-state index in [4.69, 9.17) is 0 Å². The summed E-state index contributed by atoms with van der Waals surface area (Å²) in [7, 11) is 0. The summed E-state index contributed by atoms with van der Waals surface area (Å²) in [6.07, 6.45) is 4.73. The summed E-state index contributed by atoms with van der Waals surface area (Å²) in [5.74, 6) is 0.855. The first-order valence-corrected chi connectivity index (χ1v) is 7.66. The van der Waals surface area contributed by atoms with Crippen LogP contribution in [0.25, 0.3) is 0 Å². The van der Waals surface area contributed by atoms with Crippen LogP contribution in [0.3, 0.4) is 0 Å². The molecule has 0 radical (unpaired) electrons. The van der Waals surface area contributed by atoms with Gasteiger partial charge in [-0.15, -0.1) is 0 Å². The highest BCUT2D eigenvalue weighted by Gasteiger charge is 2.17. The van der Waals surface area contributed by atoms with Gasteiger partial charge < -0.3 is 5.32 Å². The molecule has 1 aliphatic rings. The van der Waals surface area contributed by atoms with Crippen molar-refractivity contribution in [3.05, 3.63) is 18.0 Å². The molecule has 1 N–H and O–H groups in total. The van der Waals surface area contributed by atoms with E-state index in [1.165, 1.54) is 38.2 Å². The van der Waals surface area contributed by atoms with Gasteiger partial charge >= 0.3 is 0 Å². The second kappa shape index (κ2) is 7.06. The van der Waals surface area contributed by atoms with E-state index in [2.05, 4.69) is 48.3 Å². The van der Waals surface area contributed by atoms with Gasteiger partial charge in [0.1, 0.15) is 0 Å². The topological polar surface area (TPSA) is 33.1 Å². The Hall–Kier alpha value is -0.870. The monoisotopic (exact) mass is 264 g/mol. The minimum atomic E-state index is 0.452. The second-order valence-electron chi connectivity index (χ2n) is 5.90. The maximum Gasteiger partial charge on any atom is 0.0764 e. The minimum absolute atomic E-state index is 0.452. The van der Waals surface area contributed by atoms with E-state index < -0.39 is 0 Å². The van der Waals surface area contributed by atoms with Crippen molar-refractivity contribution in [2.24, 2.45) is 5.92 Å². The molecule has 0 saturated carbocycles. The predicted octanol–water partition coefficient (Wildman–Crippen LogP) is 2.29. The van der Waals surface area contributed by atoms with Crippen LogP contribution in [0.1, 0.15) is 45.3 Å². The Bertz CT molecular complexity index is 366. The van der Waals surface area contributed by atoms with Gasteiger partial charge in [-0.1, -0.05) is 6.92 Å².